The molecule has 3 aromatic carbocycles. The molecule has 1 fully saturated rings. The van der Waals surface area contributed by atoms with E-state index in [0.29, 0.717) is 35.1 Å². The first-order valence-electron chi connectivity index (χ1n) is 11.0. The molecule has 0 aliphatic carbocycles. The van der Waals surface area contributed by atoms with E-state index in [1.54, 1.807) is 49.4 Å². The van der Waals surface area contributed by atoms with Crippen molar-refractivity contribution in [3.05, 3.63) is 83.9 Å². The third kappa shape index (κ3) is 4.48. The fourth-order valence-electron chi connectivity index (χ4n) is 3.96. The van der Waals surface area contributed by atoms with Crippen LogP contribution in [0.25, 0.3) is 0 Å². The first kappa shape index (κ1) is 22.3. The number of carbonyl (C=O) groups is 3. The lowest BCUT2D eigenvalue weighted by atomic mass is 9.91. The number of benzene rings is 3. The minimum Gasteiger partial charge on any atom is -0.489 e. The van der Waals surface area contributed by atoms with Crippen LogP contribution in [0, 0.1) is 0 Å². The number of anilines is 1. The fourth-order valence-corrected chi connectivity index (χ4v) is 3.96. The number of nitrogens with one attached hydrogen (secondary N) is 2. The number of urea groups is 1. The van der Waals surface area contributed by atoms with Gasteiger partial charge in [-0.3, -0.25) is 14.5 Å². The van der Waals surface area contributed by atoms with Crippen molar-refractivity contribution in [2.24, 2.45) is 0 Å². The molecule has 2 N–H and O–H groups in total. The first-order valence-corrected chi connectivity index (χ1v) is 11.0. The maximum Gasteiger partial charge on any atom is 0.325 e. The van der Waals surface area contributed by atoms with Gasteiger partial charge in [0.1, 0.15) is 24.4 Å². The number of hydrogen-bond donors (Lipinski definition) is 2. The van der Waals surface area contributed by atoms with Gasteiger partial charge in [0.15, 0.2) is 11.5 Å². The standard InChI is InChI=1S/C26H23N3O6/c1-26(18-7-12-21-22(13-18)35-16-34-21)24(31)29(25(32)28-26)14-23(30)27-19-8-10-20(11-9-19)33-15-17-5-3-2-4-6-17/h2-13H,14-16H2,1H3,(H,27,30)(H,28,32). The molecule has 0 radical (unpaired) electrons. The molecule has 0 spiro atoms. The summed E-state index contributed by atoms with van der Waals surface area (Å²) in [6.45, 7) is 1.71. The molecule has 178 valence electrons. The van der Waals surface area contributed by atoms with Crippen LogP contribution in [0.2, 0.25) is 0 Å². The number of rotatable bonds is 7. The monoisotopic (exact) mass is 473 g/mol. The van der Waals surface area contributed by atoms with E-state index in [-0.39, 0.29) is 6.79 Å². The molecule has 5 rings (SSSR count). The largest absolute Gasteiger partial charge is 0.489 e. The van der Waals surface area contributed by atoms with Crippen molar-refractivity contribution < 1.29 is 28.6 Å². The van der Waals surface area contributed by atoms with Gasteiger partial charge in [0.2, 0.25) is 12.7 Å². The quantitative estimate of drug-likeness (QED) is 0.510. The molecule has 35 heavy (non-hydrogen) atoms. The smallest absolute Gasteiger partial charge is 0.325 e. The van der Waals surface area contributed by atoms with Gasteiger partial charge in [-0.15, -0.1) is 0 Å². The average Bonchev–Trinajstić information content (AvgIpc) is 3.42. The Hall–Kier alpha value is -4.53. The molecule has 3 aromatic rings. The number of ether oxygens (including phenoxy) is 3. The number of nitrogens with zero attached hydrogens (tertiary/aromatic N) is 1. The van der Waals surface area contributed by atoms with Crippen molar-refractivity contribution in [2.75, 3.05) is 18.7 Å². The van der Waals surface area contributed by atoms with E-state index >= 15 is 0 Å². The van der Waals surface area contributed by atoms with Gasteiger partial charge in [0.25, 0.3) is 5.91 Å². The Kier molecular flexibility index (Phi) is 5.74. The molecular weight excluding hydrogens is 450 g/mol. The van der Waals surface area contributed by atoms with Gasteiger partial charge in [-0.1, -0.05) is 36.4 Å². The molecule has 0 aromatic heterocycles. The molecule has 2 aliphatic heterocycles. The molecule has 9 nitrogen and oxygen atoms in total. The van der Waals surface area contributed by atoms with Crippen molar-refractivity contribution in [1.82, 2.24) is 10.2 Å². The van der Waals surface area contributed by atoms with Gasteiger partial charge in [0.05, 0.1) is 0 Å². The van der Waals surface area contributed by atoms with Gasteiger partial charge in [0, 0.05) is 5.69 Å². The van der Waals surface area contributed by atoms with E-state index in [1.807, 2.05) is 30.3 Å². The lowest BCUT2D eigenvalue weighted by Gasteiger charge is -2.22. The van der Waals surface area contributed by atoms with Gasteiger partial charge in [-0.05, 0) is 54.4 Å². The van der Waals surface area contributed by atoms with Crippen LogP contribution in [0.1, 0.15) is 18.1 Å². The van der Waals surface area contributed by atoms with E-state index in [0.717, 1.165) is 10.5 Å². The van der Waals surface area contributed by atoms with E-state index in [4.69, 9.17) is 14.2 Å². The van der Waals surface area contributed by atoms with E-state index in [1.165, 1.54) is 0 Å². The minimum atomic E-state index is -1.32. The highest BCUT2D eigenvalue weighted by Gasteiger charge is 2.49. The number of amides is 4. The number of hydrogen-bond acceptors (Lipinski definition) is 6. The summed E-state index contributed by atoms with van der Waals surface area (Å²) in [5.41, 5.74) is 0.781. The normalized spacial score (nSPS) is 18.4. The third-order valence-corrected chi connectivity index (χ3v) is 5.91. The average molecular weight is 473 g/mol. The lowest BCUT2D eigenvalue weighted by molar-refractivity contribution is -0.133. The van der Waals surface area contributed by atoms with E-state index in [9.17, 15) is 14.4 Å². The van der Waals surface area contributed by atoms with Crippen LogP contribution in [-0.4, -0.2) is 36.1 Å². The van der Waals surface area contributed by atoms with Crippen LogP contribution in [0.3, 0.4) is 0 Å². The van der Waals surface area contributed by atoms with Crippen molar-refractivity contribution in [2.45, 2.75) is 19.1 Å². The summed E-state index contributed by atoms with van der Waals surface area (Å²) in [6.07, 6.45) is 0. The van der Waals surface area contributed by atoms with Gasteiger partial charge in [-0.25, -0.2) is 4.79 Å². The third-order valence-electron chi connectivity index (χ3n) is 5.91. The fraction of sp³-hybridized carbons (Fsp3) is 0.192. The predicted molar refractivity (Wildman–Crippen MR) is 126 cm³/mol. The second-order valence-corrected chi connectivity index (χ2v) is 8.36. The molecule has 1 saturated heterocycles. The van der Waals surface area contributed by atoms with Crippen LogP contribution < -0.4 is 24.8 Å². The van der Waals surface area contributed by atoms with Crippen molar-refractivity contribution in [1.29, 1.82) is 0 Å². The Bertz CT molecular complexity index is 1280. The lowest BCUT2D eigenvalue weighted by Crippen LogP contribution is -2.42. The summed E-state index contributed by atoms with van der Waals surface area (Å²) in [5, 5.41) is 5.39. The van der Waals surface area contributed by atoms with Crippen LogP contribution in [0.4, 0.5) is 10.5 Å². The first-order chi connectivity index (χ1) is 16.9. The molecule has 0 saturated carbocycles. The molecule has 2 heterocycles. The number of carbonyl (C=O) groups excluding carboxylic acids is 3. The van der Waals surface area contributed by atoms with Crippen LogP contribution in [-0.2, 0) is 21.7 Å². The van der Waals surface area contributed by atoms with Crippen LogP contribution >= 0.6 is 0 Å². The minimum absolute atomic E-state index is 0.0994. The Morgan fingerprint density at radius 2 is 1.77 bits per heavy atom. The molecule has 9 heteroatoms. The van der Waals surface area contributed by atoms with E-state index in [2.05, 4.69) is 10.6 Å². The Labute approximate surface area is 201 Å². The van der Waals surface area contributed by atoms with Crippen LogP contribution in [0.15, 0.2) is 72.8 Å². The SMILES string of the molecule is CC1(c2ccc3c(c2)OCO3)NC(=O)N(CC(=O)Nc2ccc(OCc3ccccc3)cc2)C1=O. The Morgan fingerprint density at radius 1 is 1.03 bits per heavy atom. The van der Waals surface area contributed by atoms with Crippen LogP contribution in [0.5, 0.6) is 17.2 Å². The number of fused-ring (bicyclic) bond motifs is 1. The predicted octanol–water partition coefficient (Wildman–Crippen LogP) is 3.40. The second-order valence-electron chi connectivity index (χ2n) is 8.36. The summed E-state index contributed by atoms with van der Waals surface area (Å²) in [5.74, 6) is 0.697. The summed E-state index contributed by atoms with van der Waals surface area (Å²) in [7, 11) is 0. The molecule has 4 amide bonds. The highest BCUT2D eigenvalue weighted by Crippen LogP contribution is 2.37. The van der Waals surface area contributed by atoms with Crippen molar-refractivity contribution in [3.8, 4) is 17.2 Å². The van der Waals surface area contributed by atoms with Gasteiger partial charge >= 0.3 is 6.03 Å². The highest BCUT2D eigenvalue weighted by atomic mass is 16.7. The zero-order valence-electron chi connectivity index (χ0n) is 18.9. The van der Waals surface area contributed by atoms with Crippen molar-refractivity contribution in [3.63, 3.8) is 0 Å². The Morgan fingerprint density at radius 3 is 2.54 bits per heavy atom. The van der Waals surface area contributed by atoms with Gasteiger partial charge < -0.3 is 24.8 Å². The topological polar surface area (TPSA) is 106 Å². The molecule has 1 atom stereocenters. The Balaban J connectivity index is 1.20. The summed E-state index contributed by atoms with van der Waals surface area (Å²) in [6, 6.07) is 21.0. The summed E-state index contributed by atoms with van der Waals surface area (Å²) >= 11 is 0. The number of imide groups is 1. The van der Waals surface area contributed by atoms with Crippen molar-refractivity contribution >= 4 is 23.5 Å². The van der Waals surface area contributed by atoms with Gasteiger partial charge in [-0.2, -0.15) is 0 Å². The summed E-state index contributed by atoms with van der Waals surface area (Å²) < 4.78 is 16.4. The summed E-state index contributed by atoms with van der Waals surface area (Å²) in [4.78, 5) is 39.2. The maximum absolute atomic E-state index is 13.1. The molecular formula is C26H23N3O6. The molecule has 1 unspecified atom stereocenters. The zero-order chi connectivity index (χ0) is 24.4. The highest BCUT2D eigenvalue weighted by molar-refractivity contribution is 6.10. The maximum atomic E-state index is 13.1. The zero-order valence-corrected chi connectivity index (χ0v) is 18.9. The van der Waals surface area contributed by atoms with E-state index < -0.39 is 29.9 Å². The second kappa shape index (κ2) is 9.02. The molecule has 2 aliphatic rings. The molecule has 0 bridgehead atoms.